The molecule has 0 amide bonds. The van der Waals surface area contributed by atoms with Crippen LogP contribution in [0, 0.1) is 0 Å². The Morgan fingerprint density at radius 1 is 1.58 bits per heavy atom. The lowest BCUT2D eigenvalue weighted by molar-refractivity contribution is 0.144. The zero-order valence-electron chi connectivity index (χ0n) is 6.81. The van der Waals surface area contributed by atoms with Crippen LogP contribution in [0.5, 0.6) is 0 Å². The van der Waals surface area contributed by atoms with Crippen LogP contribution in [-0.2, 0) is 13.5 Å². The Labute approximate surface area is 74.1 Å². The van der Waals surface area contributed by atoms with E-state index in [0.717, 1.165) is 0 Å². The largest absolute Gasteiger partial charge is 0.282 e. The van der Waals surface area contributed by atoms with E-state index in [0.29, 0.717) is 17.1 Å². The van der Waals surface area contributed by atoms with Crippen molar-refractivity contribution in [2.24, 2.45) is 7.05 Å². The second-order valence-electron chi connectivity index (χ2n) is 2.43. The Balaban J connectivity index is 3.20. The summed E-state index contributed by atoms with van der Waals surface area (Å²) in [6.45, 7) is 1.77. The van der Waals surface area contributed by atoms with Crippen molar-refractivity contribution < 1.29 is 8.78 Å². The van der Waals surface area contributed by atoms with Gasteiger partial charge < -0.3 is 0 Å². The maximum Gasteiger partial charge on any atom is 0.282 e. The van der Waals surface area contributed by atoms with Crippen molar-refractivity contribution >= 4 is 11.6 Å². The molecule has 0 spiro atoms. The van der Waals surface area contributed by atoms with Gasteiger partial charge in [-0.2, -0.15) is 5.10 Å². The topological polar surface area (TPSA) is 17.8 Å². The summed E-state index contributed by atoms with van der Waals surface area (Å²) in [6.07, 6.45) is -2.06. The first kappa shape index (κ1) is 9.45. The third kappa shape index (κ3) is 1.43. The number of aromatic nitrogens is 2. The van der Waals surface area contributed by atoms with E-state index in [1.54, 1.807) is 14.0 Å². The predicted molar refractivity (Wildman–Crippen MR) is 42.6 cm³/mol. The predicted octanol–water partition coefficient (Wildman–Crippen LogP) is 2.57. The number of rotatable bonds is 2. The Morgan fingerprint density at radius 2 is 2.17 bits per heavy atom. The Hall–Kier alpha value is -0.640. The number of halogens is 3. The van der Waals surface area contributed by atoms with E-state index in [4.69, 9.17) is 11.6 Å². The van der Waals surface area contributed by atoms with Crippen LogP contribution in [0.15, 0.2) is 0 Å². The van der Waals surface area contributed by atoms with E-state index in [1.165, 1.54) is 4.68 Å². The van der Waals surface area contributed by atoms with Gasteiger partial charge >= 0.3 is 0 Å². The normalized spacial score (nSPS) is 11.2. The standard InChI is InChI=1S/C7H9ClF2N2/c1-3-4-5(7(9)10)11-12(2)6(4)8/h7H,3H2,1-2H3. The minimum Gasteiger partial charge on any atom is -0.256 e. The summed E-state index contributed by atoms with van der Waals surface area (Å²) in [5.41, 5.74) is 0.235. The van der Waals surface area contributed by atoms with Gasteiger partial charge in [-0.3, -0.25) is 4.68 Å². The lowest BCUT2D eigenvalue weighted by Crippen LogP contribution is -1.92. The summed E-state index contributed by atoms with van der Waals surface area (Å²) in [5, 5.41) is 3.91. The SMILES string of the molecule is CCc1c(C(F)F)nn(C)c1Cl. The summed E-state index contributed by atoms with van der Waals surface area (Å²) >= 11 is 5.73. The molecule has 2 nitrogen and oxygen atoms in total. The molecule has 1 rings (SSSR count). The molecule has 0 unspecified atom stereocenters. The van der Waals surface area contributed by atoms with Crippen molar-refractivity contribution in [2.75, 3.05) is 0 Å². The second kappa shape index (κ2) is 3.39. The lowest BCUT2D eigenvalue weighted by atomic mass is 10.2. The number of hydrogen-bond acceptors (Lipinski definition) is 1. The van der Waals surface area contributed by atoms with E-state index in [-0.39, 0.29) is 5.69 Å². The number of nitrogens with zero attached hydrogens (tertiary/aromatic N) is 2. The highest BCUT2D eigenvalue weighted by molar-refractivity contribution is 6.30. The molecule has 5 heteroatoms. The first-order valence-corrected chi connectivity index (χ1v) is 3.95. The second-order valence-corrected chi connectivity index (χ2v) is 2.79. The summed E-state index contributed by atoms with van der Waals surface area (Å²) < 4.78 is 25.8. The van der Waals surface area contributed by atoms with Crippen LogP contribution in [0.2, 0.25) is 5.15 Å². The van der Waals surface area contributed by atoms with Gasteiger partial charge in [0.15, 0.2) is 0 Å². The van der Waals surface area contributed by atoms with E-state index in [1.807, 2.05) is 0 Å². The van der Waals surface area contributed by atoms with Crippen LogP contribution < -0.4 is 0 Å². The van der Waals surface area contributed by atoms with Gasteiger partial charge in [-0.1, -0.05) is 18.5 Å². The van der Waals surface area contributed by atoms with Gasteiger partial charge in [0, 0.05) is 12.6 Å². The molecule has 12 heavy (non-hydrogen) atoms. The monoisotopic (exact) mass is 194 g/mol. The molecule has 68 valence electrons. The van der Waals surface area contributed by atoms with Gasteiger partial charge in [-0.05, 0) is 6.42 Å². The molecule has 0 saturated heterocycles. The first-order valence-electron chi connectivity index (χ1n) is 3.57. The van der Waals surface area contributed by atoms with Crippen LogP contribution in [-0.4, -0.2) is 9.78 Å². The molecule has 0 saturated carbocycles. The van der Waals surface area contributed by atoms with E-state index < -0.39 is 6.43 Å². The van der Waals surface area contributed by atoms with E-state index >= 15 is 0 Å². The fraction of sp³-hybridized carbons (Fsp3) is 0.571. The van der Waals surface area contributed by atoms with Crippen LogP contribution in [0.1, 0.15) is 24.6 Å². The van der Waals surface area contributed by atoms with Gasteiger partial charge in [0.25, 0.3) is 6.43 Å². The van der Waals surface area contributed by atoms with Crippen molar-refractivity contribution in [1.82, 2.24) is 9.78 Å². The fourth-order valence-corrected chi connectivity index (χ4v) is 1.34. The molecule has 0 bridgehead atoms. The van der Waals surface area contributed by atoms with Crippen molar-refractivity contribution in [2.45, 2.75) is 19.8 Å². The van der Waals surface area contributed by atoms with E-state index in [9.17, 15) is 8.78 Å². The summed E-state index contributed by atoms with van der Waals surface area (Å²) in [6, 6.07) is 0. The molecule has 0 aromatic carbocycles. The van der Waals surface area contributed by atoms with Crippen molar-refractivity contribution in [3.05, 3.63) is 16.4 Å². The number of hydrogen-bond donors (Lipinski definition) is 0. The van der Waals surface area contributed by atoms with Crippen molar-refractivity contribution in [1.29, 1.82) is 0 Å². The third-order valence-electron chi connectivity index (χ3n) is 1.66. The lowest BCUT2D eigenvalue weighted by Gasteiger charge is -1.96. The molecule has 0 aliphatic heterocycles. The highest BCUT2D eigenvalue weighted by Gasteiger charge is 2.20. The molecule has 0 aliphatic rings. The van der Waals surface area contributed by atoms with Gasteiger partial charge in [0.05, 0.1) is 0 Å². The zero-order chi connectivity index (χ0) is 9.30. The fourth-order valence-electron chi connectivity index (χ4n) is 1.07. The minimum atomic E-state index is -2.54. The minimum absolute atomic E-state index is 0.204. The van der Waals surface area contributed by atoms with Gasteiger partial charge in [0.2, 0.25) is 0 Å². The highest BCUT2D eigenvalue weighted by atomic mass is 35.5. The van der Waals surface area contributed by atoms with Crippen LogP contribution in [0.25, 0.3) is 0 Å². The van der Waals surface area contributed by atoms with Crippen LogP contribution >= 0.6 is 11.6 Å². The maximum absolute atomic E-state index is 12.3. The van der Waals surface area contributed by atoms with Crippen LogP contribution in [0.3, 0.4) is 0 Å². The van der Waals surface area contributed by atoms with Crippen molar-refractivity contribution in [3.8, 4) is 0 Å². The smallest absolute Gasteiger partial charge is 0.256 e. The van der Waals surface area contributed by atoms with Gasteiger partial charge in [-0.25, -0.2) is 8.78 Å². The molecule has 1 heterocycles. The Morgan fingerprint density at radius 3 is 2.50 bits per heavy atom. The van der Waals surface area contributed by atoms with Gasteiger partial charge in [-0.15, -0.1) is 0 Å². The molecule has 0 aliphatic carbocycles. The molecule has 0 fully saturated rings. The number of alkyl halides is 2. The molecule has 1 aromatic heterocycles. The van der Waals surface area contributed by atoms with Crippen molar-refractivity contribution in [3.63, 3.8) is 0 Å². The molecule has 0 atom stereocenters. The summed E-state index contributed by atoms with van der Waals surface area (Å²) in [7, 11) is 1.55. The average molecular weight is 195 g/mol. The highest BCUT2D eigenvalue weighted by Crippen LogP contribution is 2.27. The number of aryl methyl sites for hydroxylation is 1. The molecular formula is C7H9ClF2N2. The van der Waals surface area contributed by atoms with Crippen LogP contribution in [0.4, 0.5) is 8.78 Å². The molecule has 0 radical (unpaired) electrons. The maximum atomic E-state index is 12.3. The third-order valence-corrected chi connectivity index (χ3v) is 2.13. The summed E-state index contributed by atoms with van der Waals surface area (Å²) in [5.74, 6) is 0. The Bertz CT molecular complexity index is 283. The van der Waals surface area contributed by atoms with E-state index in [2.05, 4.69) is 5.10 Å². The molecule has 0 N–H and O–H groups in total. The summed E-state index contributed by atoms with van der Waals surface area (Å²) in [4.78, 5) is 0. The molecule has 1 aromatic rings. The Kier molecular flexibility index (Phi) is 2.67. The van der Waals surface area contributed by atoms with Gasteiger partial charge in [0.1, 0.15) is 10.8 Å². The average Bonchev–Trinajstić information content (AvgIpc) is 2.29. The first-order chi connectivity index (χ1) is 5.57. The molecular weight excluding hydrogens is 186 g/mol. The quantitative estimate of drug-likeness (QED) is 0.708. The zero-order valence-corrected chi connectivity index (χ0v) is 7.57.